The lowest BCUT2D eigenvalue weighted by Crippen LogP contribution is -2.38. The van der Waals surface area contributed by atoms with Crippen LogP contribution in [0.4, 0.5) is 11.6 Å². The van der Waals surface area contributed by atoms with Crippen molar-refractivity contribution in [3.8, 4) is 28.1 Å². The largest absolute Gasteiger partial charge is 0.481 e. The molecular formula is C26H26N6O3. The quantitative estimate of drug-likeness (QED) is 0.367. The van der Waals surface area contributed by atoms with Gasteiger partial charge in [-0.3, -0.25) is 4.79 Å². The molecule has 35 heavy (non-hydrogen) atoms. The van der Waals surface area contributed by atoms with E-state index in [-0.39, 0.29) is 5.91 Å². The minimum atomic E-state index is -0.404. The number of aromatic nitrogens is 4. The van der Waals surface area contributed by atoms with E-state index in [1.807, 2.05) is 35.4 Å². The lowest BCUT2D eigenvalue weighted by atomic mass is 10.0. The number of methoxy groups -OCH3 is 1. The number of aromatic amines is 1. The first-order valence-corrected chi connectivity index (χ1v) is 11.4. The fourth-order valence-corrected chi connectivity index (χ4v) is 4.34. The zero-order valence-electron chi connectivity index (χ0n) is 19.4. The molecule has 0 aliphatic carbocycles. The first-order chi connectivity index (χ1) is 17.0. The van der Waals surface area contributed by atoms with Crippen LogP contribution < -0.4 is 15.0 Å². The Hall–Kier alpha value is -4.24. The average molecular weight is 471 g/mol. The summed E-state index contributed by atoms with van der Waals surface area (Å²) < 4.78 is 5.28. The van der Waals surface area contributed by atoms with Gasteiger partial charge in [0.25, 0.3) is 0 Å². The number of nitrogens with one attached hydrogen (secondary N) is 2. The van der Waals surface area contributed by atoms with Gasteiger partial charge >= 0.3 is 0 Å². The number of fused-ring (bicyclic) bond motifs is 1. The van der Waals surface area contributed by atoms with Crippen LogP contribution in [0.2, 0.25) is 0 Å². The van der Waals surface area contributed by atoms with Crippen LogP contribution in [0.5, 0.6) is 5.88 Å². The summed E-state index contributed by atoms with van der Waals surface area (Å²) in [6.07, 6.45) is 7.86. The Kier molecular flexibility index (Phi) is 6.15. The Labute approximate surface area is 202 Å². The zero-order valence-corrected chi connectivity index (χ0v) is 19.4. The molecule has 1 saturated heterocycles. The third kappa shape index (κ3) is 4.71. The number of carbonyl (C=O) groups excluding carboxylic acids is 1. The maximum absolute atomic E-state index is 12.0. The smallest absolute Gasteiger partial charge is 0.248 e. The van der Waals surface area contributed by atoms with E-state index in [0.717, 1.165) is 52.7 Å². The Morgan fingerprint density at radius 3 is 2.94 bits per heavy atom. The van der Waals surface area contributed by atoms with Crippen LogP contribution in [0.3, 0.4) is 0 Å². The molecule has 0 spiro atoms. The molecule has 1 aliphatic heterocycles. The Morgan fingerprint density at radius 1 is 1.26 bits per heavy atom. The molecular weight excluding hydrogens is 444 g/mol. The molecule has 1 amide bonds. The summed E-state index contributed by atoms with van der Waals surface area (Å²) in [6, 6.07) is 9.64. The van der Waals surface area contributed by atoms with Gasteiger partial charge < -0.3 is 25.0 Å². The monoisotopic (exact) mass is 470 g/mol. The molecule has 1 atom stereocenters. The van der Waals surface area contributed by atoms with Gasteiger partial charge in [-0.1, -0.05) is 6.58 Å². The minimum Gasteiger partial charge on any atom is -0.481 e. The average Bonchev–Trinajstić information content (AvgIpc) is 3.32. The molecule has 9 heteroatoms. The molecule has 9 nitrogen and oxygen atoms in total. The number of aliphatic hydroxyl groups excluding tert-OH is 1. The highest BCUT2D eigenvalue weighted by molar-refractivity contribution is 5.99. The molecule has 5 rings (SSSR count). The third-order valence-electron chi connectivity index (χ3n) is 6.09. The van der Waals surface area contributed by atoms with Gasteiger partial charge in [0.15, 0.2) is 0 Å². The molecule has 1 fully saturated rings. The summed E-state index contributed by atoms with van der Waals surface area (Å²) >= 11 is 0. The van der Waals surface area contributed by atoms with Crippen LogP contribution in [0, 0.1) is 0 Å². The topological polar surface area (TPSA) is 116 Å². The van der Waals surface area contributed by atoms with Crippen molar-refractivity contribution in [3.05, 3.63) is 61.6 Å². The second-order valence-corrected chi connectivity index (χ2v) is 8.44. The predicted octanol–water partition coefficient (Wildman–Crippen LogP) is 3.78. The van der Waals surface area contributed by atoms with Gasteiger partial charge in [-0.15, -0.1) is 0 Å². The Balaban J connectivity index is 1.59. The molecule has 4 aromatic rings. The van der Waals surface area contributed by atoms with E-state index in [1.54, 1.807) is 19.5 Å². The number of H-pyrrole nitrogens is 1. The standard InChI is InChI=1S/C26H26N6O3/c1-3-24(34)31-22-10-17(11-23(30-22)32-8-4-5-19(33)15-32)18-9-20-21(14-29-26(20)28-13-18)16-6-7-27-25(12-16)35-2/h3,6-7,9-14,19,33H,1,4-5,8,15H2,2H3,(H,28,29)(H,30,31,34)/t19-/m1/s1. The fourth-order valence-electron chi connectivity index (χ4n) is 4.34. The molecule has 1 aliphatic rings. The number of piperidine rings is 1. The summed E-state index contributed by atoms with van der Waals surface area (Å²) in [5.74, 6) is 1.29. The SMILES string of the molecule is C=CC(=O)Nc1cc(-c2cnc3[nH]cc(-c4ccnc(OC)c4)c3c2)cc(N2CCC[C@@H](O)C2)n1. The summed E-state index contributed by atoms with van der Waals surface area (Å²) in [7, 11) is 1.59. The van der Waals surface area contributed by atoms with Gasteiger partial charge in [0.2, 0.25) is 11.8 Å². The predicted molar refractivity (Wildman–Crippen MR) is 135 cm³/mol. The molecule has 0 bridgehead atoms. The molecule has 0 unspecified atom stereocenters. The van der Waals surface area contributed by atoms with Gasteiger partial charge in [0.05, 0.1) is 13.2 Å². The van der Waals surface area contributed by atoms with Crippen molar-refractivity contribution in [2.75, 3.05) is 30.4 Å². The van der Waals surface area contributed by atoms with Crippen molar-refractivity contribution in [1.82, 2.24) is 19.9 Å². The van der Waals surface area contributed by atoms with Crippen LogP contribution in [-0.4, -0.2) is 57.3 Å². The maximum Gasteiger partial charge on any atom is 0.248 e. The number of nitrogens with zero attached hydrogens (tertiary/aromatic N) is 4. The first-order valence-electron chi connectivity index (χ1n) is 11.4. The highest BCUT2D eigenvalue weighted by Crippen LogP contribution is 2.34. The third-order valence-corrected chi connectivity index (χ3v) is 6.09. The number of aliphatic hydroxyl groups is 1. The Morgan fingerprint density at radius 2 is 2.14 bits per heavy atom. The van der Waals surface area contributed by atoms with Gasteiger partial charge in [-0.05, 0) is 54.3 Å². The summed E-state index contributed by atoms with van der Waals surface area (Å²) in [5, 5.41) is 13.9. The molecule has 178 valence electrons. The highest BCUT2D eigenvalue weighted by atomic mass is 16.5. The van der Waals surface area contributed by atoms with E-state index < -0.39 is 6.10 Å². The number of amides is 1. The van der Waals surface area contributed by atoms with Crippen LogP contribution in [0.25, 0.3) is 33.3 Å². The second-order valence-electron chi connectivity index (χ2n) is 8.44. The molecule has 5 heterocycles. The van der Waals surface area contributed by atoms with E-state index in [9.17, 15) is 9.90 Å². The van der Waals surface area contributed by atoms with E-state index in [0.29, 0.717) is 24.1 Å². The van der Waals surface area contributed by atoms with Crippen LogP contribution in [0.15, 0.2) is 61.6 Å². The zero-order chi connectivity index (χ0) is 24.4. The maximum atomic E-state index is 12.0. The van der Waals surface area contributed by atoms with Crippen molar-refractivity contribution in [2.45, 2.75) is 18.9 Å². The van der Waals surface area contributed by atoms with E-state index >= 15 is 0 Å². The van der Waals surface area contributed by atoms with Crippen molar-refractivity contribution >= 4 is 28.6 Å². The highest BCUT2D eigenvalue weighted by Gasteiger charge is 2.21. The number of pyridine rings is 3. The number of ether oxygens (including phenoxy) is 1. The van der Waals surface area contributed by atoms with Gasteiger partial charge in [0, 0.05) is 54.3 Å². The van der Waals surface area contributed by atoms with E-state index in [1.165, 1.54) is 6.08 Å². The van der Waals surface area contributed by atoms with Crippen LogP contribution in [0.1, 0.15) is 12.8 Å². The molecule has 0 aromatic carbocycles. The number of rotatable bonds is 6. The number of carbonyl (C=O) groups is 1. The number of β-amino-alcohol motifs (C(OH)–C–C–N with tert-alkyl or cyclic N) is 1. The van der Waals surface area contributed by atoms with Gasteiger partial charge in [-0.25, -0.2) is 15.0 Å². The van der Waals surface area contributed by atoms with Gasteiger partial charge in [0.1, 0.15) is 17.3 Å². The van der Waals surface area contributed by atoms with Crippen molar-refractivity contribution < 1.29 is 14.6 Å². The fraction of sp³-hybridized carbons (Fsp3) is 0.231. The molecule has 3 N–H and O–H groups in total. The lowest BCUT2D eigenvalue weighted by molar-refractivity contribution is -0.111. The summed E-state index contributed by atoms with van der Waals surface area (Å²) in [4.78, 5) is 30.7. The van der Waals surface area contributed by atoms with Crippen molar-refractivity contribution in [1.29, 1.82) is 0 Å². The summed E-state index contributed by atoms with van der Waals surface area (Å²) in [5.41, 5.74) is 4.41. The lowest BCUT2D eigenvalue weighted by Gasteiger charge is -2.31. The number of hydrogen-bond donors (Lipinski definition) is 3. The van der Waals surface area contributed by atoms with E-state index in [4.69, 9.17) is 4.74 Å². The minimum absolute atomic E-state index is 0.340. The number of hydrogen-bond acceptors (Lipinski definition) is 7. The van der Waals surface area contributed by atoms with Crippen molar-refractivity contribution in [3.63, 3.8) is 0 Å². The van der Waals surface area contributed by atoms with E-state index in [2.05, 4.69) is 37.9 Å². The molecule has 0 radical (unpaired) electrons. The normalized spacial score (nSPS) is 15.7. The number of anilines is 2. The molecule has 4 aromatic heterocycles. The summed E-state index contributed by atoms with van der Waals surface area (Å²) in [6.45, 7) is 4.81. The molecule has 0 saturated carbocycles. The first kappa shape index (κ1) is 22.5. The van der Waals surface area contributed by atoms with Crippen molar-refractivity contribution in [2.24, 2.45) is 0 Å². The van der Waals surface area contributed by atoms with Gasteiger partial charge in [-0.2, -0.15) is 0 Å². The Bertz CT molecular complexity index is 1400. The second kappa shape index (κ2) is 9.55. The van der Waals surface area contributed by atoms with Crippen LogP contribution in [-0.2, 0) is 4.79 Å². The van der Waals surface area contributed by atoms with Crippen LogP contribution >= 0.6 is 0 Å².